The molecule has 2 heterocycles. The van der Waals surface area contributed by atoms with Crippen molar-refractivity contribution in [3.8, 4) is 11.1 Å². The van der Waals surface area contributed by atoms with E-state index >= 15 is 0 Å². The van der Waals surface area contributed by atoms with E-state index < -0.39 is 0 Å². The standard InChI is InChI=1S/C22H30N4O3/c1-13-21(14(2)29-25-13)15-4-9-20-19(12-15)24-22(18(23)10-11-27)26(20)16-5-7-17(28-3)8-6-16/h4,9,12,16-18,27H,5-8,10-11,23H2,1-3H3/t16?,17?,18-/m0/s1. The highest BCUT2D eigenvalue weighted by molar-refractivity contribution is 5.83. The minimum Gasteiger partial charge on any atom is -0.396 e. The average Bonchev–Trinajstić information content (AvgIpc) is 3.27. The Morgan fingerprint density at radius 1 is 1.28 bits per heavy atom. The second-order valence-corrected chi connectivity index (χ2v) is 8.03. The Balaban J connectivity index is 1.79. The number of methoxy groups -OCH3 is 1. The fraction of sp³-hybridized carbons (Fsp3) is 0.545. The van der Waals surface area contributed by atoms with Crippen LogP contribution in [0.1, 0.15) is 61.5 Å². The number of nitrogens with two attached hydrogens (primary N) is 1. The number of nitrogens with zero attached hydrogens (tertiary/aromatic N) is 3. The van der Waals surface area contributed by atoms with Crippen LogP contribution in [0.15, 0.2) is 22.7 Å². The van der Waals surface area contributed by atoms with Gasteiger partial charge in [-0.2, -0.15) is 0 Å². The fourth-order valence-corrected chi connectivity index (χ4v) is 4.62. The molecule has 156 valence electrons. The fourth-order valence-electron chi connectivity index (χ4n) is 4.62. The molecule has 7 heteroatoms. The molecule has 7 nitrogen and oxygen atoms in total. The summed E-state index contributed by atoms with van der Waals surface area (Å²) >= 11 is 0. The molecule has 1 atom stereocenters. The highest BCUT2D eigenvalue weighted by Crippen LogP contribution is 2.37. The molecule has 1 aliphatic rings. The number of imidazole rings is 1. The monoisotopic (exact) mass is 398 g/mol. The molecule has 3 N–H and O–H groups in total. The van der Waals surface area contributed by atoms with Gasteiger partial charge in [0.1, 0.15) is 11.6 Å². The minimum atomic E-state index is -0.296. The molecule has 1 fully saturated rings. The quantitative estimate of drug-likeness (QED) is 0.655. The molecule has 0 saturated heterocycles. The molecule has 3 aromatic rings. The number of hydrogen-bond acceptors (Lipinski definition) is 6. The van der Waals surface area contributed by atoms with Crippen molar-refractivity contribution in [3.05, 3.63) is 35.5 Å². The van der Waals surface area contributed by atoms with Crippen molar-refractivity contribution >= 4 is 11.0 Å². The maximum absolute atomic E-state index is 9.42. The number of aromatic nitrogens is 3. The summed E-state index contributed by atoms with van der Waals surface area (Å²) in [6.45, 7) is 3.92. The molecule has 0 radical (unpaired) electrons. The summed E-state index contributed by atoms with van der Waals surface area (Å²) in [6, 6.07) is 6.37. The summed E-state index contributed by atoms with van der Waals surface area (Å²) < 4.78 is 13.2. The summed E-state index contributed by atoms with van der Waals surface area (Å²) in [5.74, 6) is 1.65. The van der Waals surface area contributed by atoms with Crippen LogP contribution in [0.2, 0.25) is 0 Å². The highest BCUT2D eigenvalue weighted by Gasteiger charge is 2.27. The van der Waals surface area contributed by atoms with Gasteiger partial charge >= 0.3 is 0 Å². The third-order valence-electron chi connectivity index (χ3n) is 6.15. The molecule has 0 aliphatic heterocycles. The second kappa shape index (κ2) is 8.26. The molecule has 29 heavy (non-hydrogen) atoms. The molecule has 0 spiro atoms. The van der Waals surface area contributed by atoms with Crippen molar-refractivity contribution in [1.29, 1.82) is 0 Å². The normalized spacial score (nSPS) is 21.0. The third-order valence-corrected chi connectivity index (χ3v) is 6.15. The molecular weight excluding hydrogens is 368 g/mol. The van der Waals surface area contributed by atoms with Crippen LogP contribution in [-0.4, -0.2) is 39.6 Å². The van der Waals surface area contributed by atoms with Gasteiger partial charge in [-0.15, -0.1) is 0 Å². The first-order valence-corrected chi connectivity index (χ1v) is 10.4. The minimum absolute atomic E-state index is 0.0467. The lowest BCUT2D eigenvalue weighted by atomic mass is 9.92. The van der Waals surface area contributed by atoms with Gasteiger partial charge in [-0.25, -0.2) is 4.98 Å². The Bertz CT molecular complexity index is 966. The molecule has 1 aromatic carbocycles. The van der Waals surface area contributed by atoms with Gasteiger partial charge in [-0.05, 0) is 63.6 Å². The number of rotatable bonds is 6. The van der Waals surface area contributed by atoms with Crippen molar-refractivity contribution in [2.45, 2.75) is 64.1 Å². The van der Waals surface area contributed by atoms with Gasteiger partial charge in [0.05, 0.1) is 28.9 Å². The van der Waals surface area contributed by atoms with E-state index in [4.69, 9.17) is 20.0 Å². The molecular formula is C22H30N4O3. The lowest BCUT2D eigenvalue weighted by molar-refractivity contribution is 0.0584. The molecule has 1 saturated carbocycles. The first kappa shape index (κ1) is 20.1. The van der Waals surface area contributed by atoms with Crippen LogP contribution in [0, 0.1) is 13.8 Å². The number of aryl methyl sites for hydroxylation is 2. The van der Waals surface area contributed by atoms with Gasteiger partial charge in [-0.3, -0.25) is 0 Å². The Labute approximate surface area is 170 Å². The van der Waals surface area contributed by atoms with E-state index in [0.29, 0.717) is 18.6 Å². The van der Waals surface area contributed by atoms with E-state index in [-0.39, 0.29) is 12.6 Å². The molecule has 0 unspecified atom stereocenters. The van der Waals surface area contributed by atoms with Crippen LogP contribution >= 0.6 is 0 Å². The van der Waals surface area contributed by atoms with Crippen molar-refractivity contribution in [3.63, 3.8) is 0 Å². The van der Waals surface area contributed by atoms with Crippen LogP contribution in [0.25, 0.3) is 22.2 Å². The summed E-state index contributed by atoms with van der Waals surface area (Å²) in [7, 11) is 1.79. The third kappa shape index (κ3) is 3.70. The molecule has 0 amide bonds. The van der Waals surface area contributed by atoms with Gasteiger partial charge in [0.15, 0.2) is 0 Å². The van der Waals surface area contributed by atoms with Gasteiger partial charge < -0.3 is 24.7 Å². The molecule has 1 aliphatic carbocycles. The van der Waals surface area contributed by atoms with Gasteiger partial charge in [0, 0.05) is 25.3 Å². The van der Waals surface area contributed by atoms with E-state index in [1.165, 1.54) is 0 Å². The Morgan fingerprint density at radius 3 is 2.66 bits per heavy atom. The summed E-state index contributed by atoms with van der Waals surface area (Å²) in [5, 5.41) is 13.5. The lowest BCUT2D eigenvalue weighted by Crippen LogP contribution is -2.26. The van der Waals surface area contributed by atoms with E-state index in [2.05, 4.69) is 27.9 Å². The maximum Gasteiger partial charge on any atom is 0.141 e. The van der Waals surface area contributed by atoms with Gasteiger partial charge in [-0.1, -0.05) is 11.2 Å². The number of hydrogen-bond donors (Lipinski definition) is 2. The number of aliphatic hydroxyl groups is 1. The second-order valence-electron chi connectivity index (χ2n) is 8.03. The van der Waals surface area contributed by atoms with Crippen LogP contribution in [0.5, 0.6) is 0 Å². The topological polar surface area (TPSA) is 99.3 Å². The first-order valence-electron chi connectivity index (χ1n) is 10.4. The molecule has 4 rings (SSSR count). The number of benzene rings is 1. The van der Waals surface area contributed by atoms with Gasteiger partial charge in [0.25, 0.3) is 0 Å². The van der Waals surface area contributed by atoms with Crippen molar-refractivity contribution in [2.24, 2.45) is 5.73 Å². The first-order chi connectivity index (χ1) is 14.0. The zero-order valence-corrected chi connectivity index (χ0v) is 17.4. The van der Waals surface area contributed by atoms with E-state index in [1.54, 1.807) is 7.11 Å². The predicted molar refractivity (Wildman–Crippen MR) is 112 cm³/mol. The number of fused-ring (bicyclic) bond motifs is 1. The largest absolute Gasteiger partial charge is 0.396 e. The Hall–Kier alpha value is -2.22. The van der Waals surface area contributed by atoms with Crippen LogP contribution < -0.4 is 5.73 Å². The predicted octanol–water partition coefficient (Wildman–Crippen LogP) is 3.82. The highest BCUT2D eigenvalue weighted by atomic mass is 16.5. The van der Waals surface area contributed by atoms with Gasteiger partial charge in [0.2, 0.25) is 0 Å². The molecule has 0 bridgehead atoms. The van der Waals surface area contributed by atoms with Crippen LogP contribution in [-0.2, 0) is 4.74 Å². The van der Waals surface area contributed by atoms with E-state index in [9.17, 15) is 5.11 Å². The summed E-state index contributed by atoms with van der Waals surface area (Å²) in [5.41, 5.74) is 11.4. The Kier molecular flexibility index (Phi) is 5.72. The number of aliphatic hydroxyl groups excluding tert-OH is 1. The van der Waals surface area contributed by atoms with Crippen LogP contribution in [0.4, 0.5) is 0 Å². The van der Waals surface area contributed by atoms with E-state index in [1.807, 2.05) is 13.8 Å². The average molecular weight is 399 g/mol. The maximum atomic E-state index is 9.42. The summed E-state index contributed by atoms with van der Waals surface area (Å²) in [4.78, 5) is 4.92. The smallest absolute Gasteiger partial charge is 0.141 e. The van der Waals surface area contributed by atoms with Crippen LogP contribution in [0.3, 0.4) is 0 Å². The Morgan fingerprint density at radius 2 is 2.03 bits per heavy atom. The van der Waals surface area contributed by atoms with E-state index in [0.717, 1.165) is 65.1 Å². The van der Waals surface area contributed by atoms with Crippen molar-refractivity contribution in [1.82, 2.24) is 14.7 Å². The molecule has 2 aromatic heterocycles. The van der Waals surface area contributed by atoms with Crippen molar-refractivity contribution in [2.75, 3.05) is 13.7 Å². The SMILES string of the molecule is COC1CCC(n2c([C@@H](N)CCO)nc3cc(-c4c(C)noc4C)ccc32)CC1. The zero-order valence-electron chi connectivity index (χ0n) is 17.4. The van der Waals surface area contributed by atoms with Crippen molar-refractivity contribution < 1.29 is 14.4 Å². The zero-order chi connectivity index (χ0) is 20.5. The summed E-state index contributed by atoms with van der Waals surface area (Å²) in [6.07, 6.45) is 4.97. The lowest BCUT2D eigenvalue weighted by Gasteiger charge is -2.30. The number of ether oxygens (including phenoxy) is 1.